The minimum atomic E-state index is -2.93. The summed E-state index contributed by atoms with van der Waals surface area (Å²) in [5.41, 5.74) is 0.956. The number of sulfone groups is 1. The van der Waals surface area contributed by atoms with Crippen molar-refractivity contribution >= 4 is 21.4 Å². The summed E-state index contributed by atoms with van der Waals surface area (Å²) in [6, 6.07) is 6.25. The summed E-state index contributed by atoms with van der Waals surface area (Å²) in [6.07, 6.45) is 0.577. The molecule has 1 aromatic rings. The Hall–Kier alpha value is -1.67. The van der Waals surface area contributed by atoms with Crippen molar-refractivity contribution in [2.45, 2.75) is 12.5 Å². The maximum atomic E-state index is 13.0. The molecule has 1 amide bonds. The highest BCUT2D eigenvalue weighted by atomic mass is 32.2. The van der Waals surface area contributed by atoms with Crippen LogP contribution in [0, 0.1) is 5.82 Å². The van der Waals surface area contributed by atoms with Crippen LogP contribution in [0.25, 0.3) is 0 Å². The number of nitrogens with zero attached hydrogens (tertiary/aromatic N) is 2. The zero-order valence-electron chi connectivity index (χ0n) is 13.4. The number of halogens is 1. The van der Waals surface area contributed by atoms with Crippen LogP contribution in [-0.2, 0) is 14.6 Å². The van der Waals surface area contributed by atoms with Gasteiger partial charge in [0.05, 0.1) is 18.1 Å². The molecule has 2 aliphatic heterocycles. The number of hydrogen-bond donors (Lipinski definition) is 1. The largest absolute Gasteiger partial charge is 0.368 e. The summed E-state index contributed by atoms with van der Waals surface area (Å²) >= 11 is 0. The number of piperazine rings is 1. The summed E-state index contributed by atoms with van der Waals surface area (Å²) in [5.74, 6) is 0.0685. The van der Waals surface area contributed by atoms with E-state index in [0.717, 1.165) is 5.69 Å². The lowest BCUT2D eigenvalue weighted by Gasteiger charge is -2.36. The number of hydrogen-bond acceptors (Lipinski definition) is 5. The van der Waals surface area contributed by atoms with Gasteiger partial charge < -0.3 is 15.1 Å². The fraction of sp³-hybridized carbons (Fsp3) is 0.562. The van der Waals surface area contributed by atoms with Crippen molar-refractivity contribution in [3.8, 4) is 0 Å². The Balaban J connectivity index is 1.44. The maximum absolute atomic E-state index is 13.0. The van der Waals surface area contributed by atoms with E-state index in [4.69, 9.17) is 0 Å². The van der Waals surface area contributed by atoms with Crippen molar-refractivity contribution in [2.75, 3.05) is 49.1 Å². The van der Waals surface area contributed by atoms with Crippen LogP contribution in [0.5, 0.6) is 0 Å². The van der Waals surface area contributed by atoms with E-state index in [9.17, 15) is 17.6 Å². The van der Waals surface area contributed by atoms with Gasteiger partial charge in [0.15, 0.2) is 9.84 Å². The van der Waals surface area contributed by atoms with Crippen LogP contribution < -0.4 is 10.2 Å². The lowest BCUT2D eigenvalue weighted by molar-refractivity contribution is -0.130. The van der Waals surface area contributed by atoms with Gasteiger partial charge in [-0.25, -0.2) is 12.8 Å². The molecular weight excluding hydrogens is 333 g/mol. The minimum absolute atomic E-state index is 0.00180. The second-order valence-electron chi connectivity index (χ2n) is 6.33. The lowest BCUT2D eigenvalue weighted by Crippen LogP contribution is -2.51. The van der Waals surface area contributed by atoms with Crippen LogP contribution in [0.4, 0.5) is 10.1 Å². The molecule has 0 aromatic heterocycles. The van der Waals surface area contributed by atoms with E-state index in [1.165, 1.54) is 12.1 Å². The summed E-state index contributed by atoms with van der Waals surface area (Å²) in [7, 11) is -2.93. The molecule has 0 spiro atoms. The number of carbonyl (C=O) groups excluding carboxylic acids is 1. The van der Waals surface area contributed by atoms with Crippen LogP contribution >= 0.6 is 0 Å². The molecule has 1 atom stereocenters. The van der Waals surface area contributed by atoms with Crippen molar-refractivity contribution in [1.29, 1.82) is 0 Å². The average Bonchev–Trinajstić information content (AvgIpc) is 2.93. The van der Waals surface area contributed by atoms with Gasteiger partial charge in [-0.2, -0.15) is 0 Å². The third-order valence-corrected chi connectivity index (χ3v) is 6.37. The van der Waals surface area contributed by atoms with Gasteiger partial charge in [0.1, 0.15) is 5.82 Å². The van der Waals surface area contributed by atoms with Gasteiger partial charge in [-0.15, -0.1) is 0 Å². The predicted octanol–water partition coefficient (Wildman–Crippen LogP) is 0.251. The molecule has 3 rings (SSSR count). The molecule has 0 bridgehead atoms. The monoisotopic (exact) mass is 355 g/mol. The van der Waals surface area contributed by atoms with Crippen LogP contribution in [0.3, 0.4) is 0 Å². The molecule has 0 saturated carbocycles. The number of rotatable bonds is 4. The molecule has 1 N–H and O–H groups in total. The van der Waals surface area contributed by atoms with Gasteiger partial charge >= 0.3 is 0 Å². The zero-order valence-corrected chi connectivity index (χ0v) is 14.3. The number of benzene rings is 1. The molecule has 2 aliphatic rings. The molecule has 2 fully saturated rings. The first kappa shape index (κ1) is 17.2. The Labute approximate surface area is 141 Å². The maximum Gasteiger partial charge on any atom is 0.236 e. The van der Waals surface area contributed by atoms with Gasteiger partial charge in [0.2, 0.25) is 5.91 Å². The summed E-state index contributed by atoms with van der Waals surface area (Å²) in [5, 5.41) is 3.06. The number of amides is 1. The minimum Gasteiger partial charge on any atom is -0.368 e. The number of carbonyl (C=O) groups is 1. The van der Waals surface area contributed by atoms with E-state index in [1.54, 1.807) is 17.0 Å². The number of nitrogens with one attached hydrogen (secondary N) is 1. The van der Waals surface area contributed by atoms with Crippen molar-refractivity contribution in [3.05, 3.63) is 30.1 Å². The van der Waals surface area contributed by atoms with E-state index in [1.807, 2.05) is 0 Å². The third kappa shape index (κ3) is 4.24. The van der Waals surface area contributed by atoms with E-state index < -0.39 is 9.84 Å². The van der Waals surface area contributed by atoms with Gasteiger partial charge in [0.25, 0.3) is 0 Å². The van der Waals surface area contributed by atoms with Gasteiger partial charge in [-0.05, 0) is 30.7 Å². The van der Waals surface area contributed by atoms with Gasteiger partial charge in [0, 0.05) is 37.9 Å². The van der Waals surface area contributed by atoms with E-state index >= 15 is 0 Å². The molecule has 1 aromatic carbocycles. The fourth-order valence-electron chi connectivity index (χ4n) is 3.17. The molecule has 24 heavy (non-hydrogen) atoms. The van der Waals surface area contributed by atoms with Crippen LogP contribution in [0.2, 0.25) is 0 Å². The van der Waals surface area contributed by atoms with Crippen LogP contribution in [0.15, 0.2) is 24.3 Å². The highest BCUT2D eigenvalue weighted by molar-refractivity contribution is 7.91. The fourth-order valence-corrected chi connectivity index (χ4v) is 4.87. The molecular formula is C16H22FN3O3S. The smallest absolute Gasteiger partial charge is 0.236 e. The molecule has 0 aliphatic carbocycles. The second-order valence-corrected chi connectivity index (χ2v) is 8.55. The normalized spacial score (nSPS) is 23.5. The highest BCUT2D eigenvalue weighted by Crippen LogP contribution is 2.17. The van der Waals surface area contributed by atoms with E-state index in [-0.39, 0.29) is 35.8 Å². The molecule has 8 heteroatoms. The van der Waals surface area contributed by atoms with Crippen LogP contribution in [0.1, 0.15) is 6.42 Å². The molecule has 6 nitrogen and oxygen atoms in total. The Kier molecular flexibility index (Phi) is 5.05. The standard InChI is InChI=1S/C16H22FN3O3S/c17-13-1-3-15(4-2-13)19-6-8-20(9-7-19)16(21)11-18-14-5-10-24(22,23)12-14/h1-4,14,18H,5-12H2. The summed E-state index contributed by atoms with van der Waals surface area (Å²) in [6.45, 7) is 2.81. The van der Waals surface area contributed by atoms with Crippen molar-refractivity contribution < 1.29 is 17.6 Å². The summed E-state index contributed by atoms with van der Waals surface area (Å²) < 4.78 is 35.8. The molecule has 1 unspecified atom stereocenters. The van der Waals surface area contributed by atoms with E-state index in [2.05, 4.69) is 10.2 Å². The van der Waals surface area contributed by atoms with E-state index in [0.29, 0.717) is 32.6 Å². The SMILES string of the molecule is O=C(CNC1CCS(=O)(=O)C1)N1CCN(c2ccc(F)cc2)CC1. The highest BCUT2D eigenvalue weighted by Gasteiger charge is 2.28. The Morgan fingerprint density at radius 1 is 1.17 bits per heavy atom. The van der Waals surface area contributed by atoms with Crippen molar-refractivity contribution in [3.63, 3.8) is 0 Å². The first-order chi connectivity index (χ1) is 11.4. The Morgan fingerprint density at radius 3 is 2.42 bits per heavy atom. The molecule has 2 saturated heterocycles. The average molecular weight is 355 g/mol. The second kappa shape index (κ2) is 7.06. The third-order valence-electron chi connectivity index (χ3n) is 4.60. The molecule has 2 heterocycles. The van der Waals surface area contributed by atoms with Gasteiger partial charge in [-0.1, -0.05) is 0 Å². The van der Waals surface area contributed by atoms with Crippen molar-refractivity contribution in [1.82, 2.24) is 10.2 Å². The first-order valence-electron chi connectivity index (χ1n) is 8.15. The molecule has 132 valence electrons. The Bertz CT molecular complexity index is 685. The quantitative estimate of drug-likeness (QED) is 0.839. The lowest BCUT2D eigenvalue weighted by atomic mass is 10.2. The molecule has 0 radical (unpaired) electrons. The van der Waals surface area contributed by atoms with Crippen molar-refractivity contribution in [2.24, 2.45) is 0 Å². The Morgan fingerprint density at radius 2 is 1.83 bits per heavy atom. The summed E-state index contributed by atoms with van der Waals surface area (Å²) in [4.78, 5) is 16.2. The van der Waals surface area contributed by atoms with Crippen LogP contribution in [-0.4, -0.2) is 69.5 Å². The zero-order chi connectivity index (χ0) is 17.2. The number of anilines is 1. The van der Waals surface area contributed by atoms with Gasteiger partial charge in [-0.3, -0.25) is 4.79 Å². The predicted molar refractivity (Wildman–Crippen MR) is 90.3 cm³/mol. The topological polar surface area (TPSA) is 69.7 Å². The first-order valence-corrected chi connectivity index (χ1v) is 9.97.